The molecule has 2 aromatic rings. The average molecular weight is 402 g/mol. The van der Waals surface area contributed by atoms with Gasteiger partial charge >= 0.3 is 0 Å². The quantitative estimate of drug-likeness (QED) is 0.783. The number of aryl methyl sites for hydroxylation is 1. The third-order valence-electron chi connectivity index (χ3n) is 5.54. The van der Waals surface area contributed by atoms with Crippen LogP contribution < -0.4 is 9.80 Å². The highest BCUT2D eigenvalue weighted by Crippen LogP contribution is 2.24. The maximum Gasteiger partial charge on any atom is 0.243 e. The third kappa shape index (κ3) is 3.98. The van der Waals surface area contributed by atoms with Gasteiger partial charge in [-0.05, 0) is 38.3 Å². The van der Waals surface area contributed by atoms with E-state index in [1.165, 1.54) is 19.3 Å². The van der Waals surface area contributed by atoms with Crippen LogP contribution in [0.2, 0.25) is 0 Å². The number of hydrogen-bond donors (Lipinski definition) is 0. The molecule has 150 valence electrons. The molecule has 0 aliphatic carbocycles. The Morgan fingerprint density at radius 1 is 0.786 bits per heavy atom. The minimum Gasteiger partial charge on any atom is -0.356 e. The lowest BCUT2D eigenvalue weighted by molar-refractivity contribution is 0.383. The maximum absolute atomic E-state index is 12.9. The van der Waals surface area contributed by atoms with E-state index in [-0.39, 0.29) is 0 Å². The molecule has 0 spiro atoms. The van der Waals surface area contributed by atoms with Crippen molar-refractivity contribution in [1.29, 1.82) is 0 Å². The van der Waals surface area contributed by atoms with Gasteiger partial charge in [0.1, 0.15) is 18.0 Å². The minimum absolute atomic E-state index is 0.362. The normalized spacial score (nSPS) is 19.0. The van der Waals surface area contributed by atoms with Gasteiger partial charge in [0, 0.05) is 45.3 Å². The van der Waals surface area contributed by atoms with Crippen LogP contribution in [0.3, 0.4) is 0 Å². The van der Waals surface area contributed by atoms with Gasteiger partial charge in [-0.25, -0.2) is 18.4 Å². The number of piperidine rings is 1. The summed E-state index contributed by atoms with van der Waals surface area (Å²) in [6, 6.07) is 9.09. The van der Waals surface area contributed by atoms with Crippen LogP contribution in [0, 0.1) is 6.92 Å². The van der Waals surface area contributed by atoms with E-state index < -0.39 is 10.0 Å². The molecule has 3 heterocycles. The van der Waals surface area contributed by atoms with Crippen molar-refractivity contribution in [3.8, 4) is 0 Å². The van der Waals surface area contributed by atoms with Gasteiger partial charge in [-0.1, -0.05) is 17.7 Å². The molecule has 7 nitrogen and oxygen atoms in total. The van der Waals surface area contributed by atoms with Crippen LogP contribution in [0.1, 0.15) is 24.8 Å². The molecule has 0 bridgehead atoms. The van der Waals surface area contributed by atoms with Crippen LogP contribution in [0.5, 0.6) is 0 Å². The Balaban J connectivity index is 1.43. The first kappa shape index (κ1) is 19.1. The molecule has 1 aromatic carbocycles. The third-order valence-corrected chi connectivity index (χ3v) is 7.45. The molecule has 0 N–H and O–H groups in total. The summed E-state index contributed by atoms with van der Waals surface area (Å²) in [4.78, 5) is 13.7. The molecule has 28 heavy (non-hydrogen) atoms. The molecule has 1 aromatic heterocycles. The minimum atomic E-state index is -3.44. The number of piperazine rings is 1. The van der Waals surface area contributed by atoms with Crippen molar-refractivity contribution < 1.29 is 8.42 Å². The van der Waals surface area contributed by atoms with E-state index in [4.69, 9.17) is 0 Å². The highest BCUT2D eigenvalue weighted by atomic mass is 32.2. The zero-order valence-corrected chi connectivity index (χ0v) is 17.1. The van der Waals surface area contributed by atoms with Crippen molar-refractivity contribution in [3.63, 3.8) is 0 Å². The van der Waals surface area contributed by atoms with E-state index in [9.17, 15) is 8.42 Å². The standard InChI is InChI=1S/C20H27N5O2S/c1-17-5-7-18(8-6-17)28(26,27)25-13-11-24(12-14-25)20-15-19(21-16-22-20)23-9-3-2-4-10-23/h5-8,15-16H,2-4,9-14H2,1H3. The SMILES string of the molecule is Cc1ccc(S(=O)(=O)N2CCN(c3cc(N4CCCCC4)ncn3)CC2)cc1. The first-order valence-electron chi connectivity index (χ1n) is 9.93. The van der Waals surface area contributed by atoms with E-state index in [0.717, 1.165) is 30.3 Å². The predicted molar refractivity (Wildman–Crippen MR) is 110 cm³/mol. The Labute approximate surface area is 167 Å². The predicted octanol–water partition coefficient (Wildman–Crippen LogP) is 2.29. The summed E-state index contributed by atoms with van der Waals surface area (Å²) in [5, 5.41) is 0. The van der Waals surface area contributed by atoms with Gasteiger partial charge in [-0.2, -0.15) is 4.31 Å². The van der Waals surface area contributed by atoms with Crippen LogP contribution in [-0.4, -0.2) is 62.0 Å². The van der Waals surface area contributed by atoms with Gasteiger partial charge in [0.15, 0.2) is 0 Å². The fourth-order valence-electron chi connectivity index (χ4n) is 3.82. The summed E-state index contributed by atoms with van der Waals surface area (Å²) in [5.74, 6) is 1.85. The van der Waals surface area contributed by atoms with Gasteiger partial charge in [-0.3, -0.25) is 0 Å². The van der Waals surface area contributed by atoms with Gasteiger partial charge in [0.05, 0.1) is 4.90 Å². The van der Waals surface area contributed by atoms with E-state index in [2.05, 4.69) is 19.8 Å². The number of sulfonamides is 1. The lowest BCUT2D eigenvalue weighted by atomic mass is 10.1. The number of anilines is 2. The van der Waals surface area contributed by atoms with Crippen molar-refractivity contribution in [3.05, 3.63) is 42.2 Å². The lowest BCUT2D eigenvalue weighted by Gasteiger charge is -2.35. The number of hydrogen-bond acceptors (Lipinski definition) is 6. The first-order valence-corrected chi connectivity index (χ1v) is 11.4. The molecule has 4 rings (SSSR count). The molecule has 0 saturated carbocycles. The summed E-state index contributed by atoms with van der Waals surface area (Å²) >= 11 is 0. The van der Waals surface area contributed by atoms with E-state index >= 15 is 0 Å². The highest BCUT2D eigenvalue weighted by Gasteiger charge is 2.29. The number of nitrogens with zero attached hydrogens (tertiary/aromatic N) is 5. The van der Waals surface area contributed by atoms with Crippen LogP contribution >= 0.6 is 0 Å². The monoisotopic (exact) mass is 401 g/mol. The highest BCUT2D eigenvalue weighted by molar-refractivity contribution is 7.89. The molecule has 2 fully saturated rings. The second-order valence-corrected chi connectivity index (χ2v) is 9.42. The summed E-state index contributed by atoms with van der Waals surface area (Å²) in [5.41, 5.74) is 1.05. The first-order chi connectivity index (χ1) is 13.5. The molecule has 0 atom stereocenters. The number of benzene rings is 1. The Kier molecular flexibility index (Phi) is 5.50. The van der Waals surface area contributed by atoms with Crippen LogP contribution in [0.4, 0.5) is 11.6 Å². The summed E-state index contributed by atoms with van der Waals surface area (Å²) in [6.45, 7) is 6.20. The Morgan fingerprint density at radius 3 is 1.96 bits per heavy atom. The van der Waals surface area contributed by atoms with Crippen LogP contribution in [0.25, 0.3) is 0 Å². The fraction of sp³-hybridized carbons (Fsp3) is 0.500. The molecule has 0 radical (unpaired) electrons. The second kappa shape index (κ2) is 8.05. The van der Waals surface area contributed by atoms with Crippen molar-refractivity contribution in [2.75, 3.05) is 49.1 Å². The number of rotatable bonds is 4. The van der Waals surface area contributed by atoms with Crippen molar-refractivity contribution >= 4 is 21.7 Å². The molecule has 8 heteroatoms. The van der Waals surface area contributed by atoms with Crippen molar-refractivity contribution in [2.24, 2.45) is 0 Å². The molecule has 2 aliphatic rings. The smallest absolute Gasteiger partial charge is 0.243 e. The summed E-state index contributed by atoms with van der Waals surface area (Å²) in [6.07, 6.45) is 5.31. The zero-order valence-electron chi connectivity index (χ0n) is 16.3. The van der Waals surface area contributed by atoms with Gasteiger partial charge in [0.25, 0.3) is 0 Å². The Morgan fingerprint density at radius 2 is 1.36 bits per heavy atom. The molecule has 0 unspecified atom stereocenters. The van der Waals surface area contributed by atoms with Gasteiger partial charge in [-0.15, -0.1) is 0 Å². The second-order valence-electron chi connectivity index (χ2n) is 7.49. The van der Waals surface area contributed by atoms with Gasteiger partial charge < -0.3 is 9.80 Å². The van der Waals surface area contributed by atoms with E-state index in [1.54, 1.807) is 22.8 Å². The van der Waals surface area contributed by atoms with Crippen LogP contribution in [-0.2, 0) is 10.0 Å². The Hall–Kier alpha value is -2.19. The van der Waals surface area contributed by atoms with Crippen LogP contribution in [0.15, 0.2) is 41.6 Å². The Bertz CT molecular complexity index is 902. The molecule has 0 amide bonds. The molecular formula is C20H27N5O2S. The average Bonchev–Trinajstić information content (AvgIpc) is 2.75. The largest absolute Gasteiger partial charge is 0.356 e. The number of aromatic nitrogens is 2. The van der Waals surface area contributed by atoms with Crippen molar-refractivity contribution in [2.45, 2.75) is 31.1 Å². The zero-order chi connectivity index (χ0) is 19.6. The fourth-order valence-corrected chi connectivity index (χ4v) is 5.25. The van der Waals surface area contributed by atoms with Crippen molar-refractivity contribution in [1.82, 2.24) is 14.3 Å². The summed E-state index contributed by atoms with van der Waals surface area (Å²) in [7, 11) is -3.44. The summed E-state index contributed by atoms with van der Waals surface area (Å²) < 4.78 is 27.3. The van der Waals surface area contributed by atoms with Gasteiger partial charge in [0.2, 0.25) is 10.0 Å². The lowest BCUT2D eigenvalue weighted by Crippen LogP contribution is -2.49. The van der Waals surface area contributed by atoms with E-state index in [1.807, 2.05) is 25.1 Å². The molecule has 2 saturated heterocycles. The molecular weight excluding hydrogens is 374 g/mol. The van der Waals surface area contributed by atoms with E-state index in [0.29, 0.717) is 31.1 Å². The topological polar surface area (TPSA) is 69.6 Å². The molecule has 2 aliphatic heterocycles. The maximum atomic E-state index is 12.9.